The Morgan fingerprint density at radius 2 is 1.65 bits per heavy atom. The van der Waals surface area contributed by atoms with Crippen LogP contribution in [0.15, 0.2) is 36.4 Å². The van der Waals surface area contributed by atoms with Crippen molar-refractivity contribution in [3.63, 3.8) is 0 Å². The summed E-state index contributed by atoms with van der Waals surface area (Å²) in [5.41, 5.74) is 1.14. The Balaban J connectivity index is 2.05. The molecule has 0 bridgehead atoms. The summed E-state index contributed by atoms with van der Waals surface area (Å²) in [4.78, 5) is 8.38. The van der Waals surface area contributed by atoms with Crippen molar-refractivity contribution in [2.45, 2.75) is 0 Å². The van der Waals surface area contributed by atoms with Crippen molar-refractivity contribution in [2.24, 2.45) is 0 Å². The first kappa shape index (κ1) is 18.5. The molecule has 2 aromatic carbocycles. The van der Waals surface area contributed by atoms with Gasteiger partial charge in [0.05, 0.1) is 0 Å². The van der Waals surface area contributed by atoms with Crippen LogP contribution in [0.4, 0.5) is 11.5 Å². The Morgan fingerprint density at radius 3 is 2.23 bits per heavy atom. The number of nitrogens with zero attached hydrogens (tertiary/aromatic N) is 2. The third-order valence-corrected chi connectivity index (χ3v) is 5.85. The van der Waals surface area contributed by atoms with Crippen LogP contribution in [-0.2, 0) is 3.74 Å². The molecule has 0 fully saturated rings. The third kappa shape index (κ3) is 3.78. The van der Waals surface area contributed by atoms with E-state index in [2.05, 4.69) is 15.3 Å². The van der Waals surface area contributed by atoms with Gasteiger partial charge in [0.25, 0.3) is 0 Å². The first-order chi connectivity index (χ1) is 12.3. The van der Waals surface area contributed by atoms with Gasteiger partial charge in [-0.1, -0.05) is 0 Å². The van der Waals surface area contributed by atoms with Gasteiger partial charge in [0.15, 0.2) is 0 Å². The van der Waals surface area contributed by atoms with E-state index in [1.807, 2.05) is 0 Å². The predicted octanol–water partition coefficient (Wildman–Crippen LogP) is 1.60. The van der Waals surface area contributed by atoms with Crippen LogP contribution in [0.25, 0.3) is 10.9 Å². The second-order valence-electron chi connectivity index (χ2n) is 5.28. The Kier molecular flexibility index (Phi) is 5.11. The van der Waals surface area contributed by atoms with Crippen LogP contribution in [-0.4, -0.2) is 46.6 Å². The second kappa shape index (κ2) is 7.17. The maximum absolute atomic E-state index is 11.3. The molecule has 0 aliphatic heterocycles. The molecule has 0 atom stereocenters. The summed E-state index contributed by atoms with van der Waals surface area (Å²) in [5.74, 6) is 1.44. The van der Waals surface area contributed by atoms with Crippen molar-refractivity contribution < 1.29 is 21.4 Å². The molecule has 8 nitrogen and oxygen atoms in total. The van der Waals surface area contributed by atoms with E-state index in [0.29, 0.717) is 33.9 Å². The zero-order chi connectivity index (χ0) is 18.9. The molecule has 26 heavy (non-hydrogen) atoms. The van der Waals surface area contributed by atoms with Crippen molar-refractivity contribution >= 4 is 52.5 Å². The number of benzene rings is 2. The molecular weight excluding hydrogens is 425 g/mol. The number of hydrogen-bond acceptors (Lipinski definition) is 6. The van der Waals surface area contributed by atoms with Crippen molar-refractivity contribution in [1.29, 1.82) is 0 Å². The monoisotopic (exact) mass is 439 g/mol. The zero-order valence-corrected chi connectivity index (χ0v) is 16.4. The normalized spacial score (nSPS) is 11.4. The number of methoxy groups -OCH3 is 2. The molecule has 10 heteroatoms. The molecule has 3 rings (SSSR count). The van der Waals surface area contributed by atoms with Gasteiger partial charge in [0, 0.05) is 0 Å². The molecule has 1 aromatic heterocycles. The molecule has 0 aliphatic carbocycles. The molecule has 0 amide bonds. The predicted molar refractivity (Wildman–Crippen MR) is 97.9 cm³/mol. The molecule has 3 aromatic rings. The molecule has 136 valence electrons. The number of ether oxygens (including phenoxy) is 2. The van der Waals surface area contributed by atoms with Gasteiger partial charge in [-0.05, 0) is 0 Å². The van der Waals surface area contributed by atoms with Crippen molar-refractivity contribution in [3.8, 4) is 11.5 Å². The summed E-state index contributed by atoms with van der Waals surface area (Å²) < 4.78 is 40.4. The van der Waals surface area contributed by atoms with Gasteiger partial charge in [0.2, 0.25) is 0 Å². The molecule has 0 saturated heterocycles. The van der Waals surface area contributed by atoms with E-state index in [1.54, 1.807) is 24.3 Å². The molecule has 3 N–H and O–H groups in total. The van der Waals surface area contributed by atoms with Crippen LogP contribution in [0, 0.1) is 0 Å². The van der Waals surface area contributed by atoms with Crippen molar-refractivity contribution in [3.05, 3.63) is 41.7 Å². The Hall–Kier alpha value is -2.25. The van der Waals surface area contributed by atoms with E-state index in [-0.39, 0.29) is 9.63 Å². The van der Waals surface area contributed by atoms with Gasteiger partial charge in [-0.2, -0.15) is 0 Å². The minimum atomic E-state index is -4.92. The van der Waals surface area contributed by atoms with Gasteiger partial charge in [-0.25, -0.2) is 0 Å². The van der Waals surface area contributed by atoms with Crippen LogP contribution < -0.4 is 19.1 Å². The SMILES string of the molecule is COc1cc2nc(Cl)nc(Nc3ccc([As](=O)(O)O)cc3)c2cc1OC. The molecule has 0 spiro atoms. The standard InChI is InChI=1S/C16H15AsClN3O5/c1-25-13-7-11-12(8-14(13)26-2)20-16(18)21-15(11)19-10-5-3-9(4-6-10)17(22,23)24/h3-8H,1-2H3,(H,19,20,21)(H2,22,23,24). The molecule has 0 radical (unpaired) electrons. The van der Waals surface area contributed by atoms with Crippen molar-refractivity contribution in [1.82, 2.24) is 9.97 Å². The van der Waals surface area contributed by atoms with Crippen LogP contribution in [0.1, 0.15) is 0 Å². The van der Waals surface area contributed by atoms with Crippen LogP contribution in [0.5, 0.6) is 11.5 Å². The number of rotatable bonds is 5. The molecule has 1 heterocycles. The Bertz CT molecular complexity index is 1010. The van der Waals surface area contributed by atoms with E-state index < -0.39 is 14.2 Å². The maximum atomic E-state index is 11.3. The van der Waals surface area contributed by atoms with E-state index in [9.17, 15) is 11.9 Å². The molecular formula is C16H15AsClN3O5. The molecule has 0 aliphatic rings. The number of anilines is 2. The van der Waals surface area contributed by atoms with E-state index in [1.165, 1.54) is 26.4 Å². The second-order valence-corrected chi connectivity index (χ2v) is 8.99. The molecule has 0 unspecified atom stereocenters. The number of hydrogen-bond donors (Lipinski definition) is 3. The topological polar surface area (TPSA) is 114 Å². The average molecular weight is 440 g/mol. The first-order valence-electron chi connectivity index (χ1n) is 7.34. The van der Waals surface area contributed by atoms with Gasteiger partial charge >= 0.3 is 157 Å². The summed E-state index contributed by atoms with van der Waals surface area (Å²) in [7, 11) is 3.05. The summed E-state index contributed by atoms with van der Waals surface area (Å²) in [6.07, 6.45) is 0. The minimum absolute atomic E-state index is 0.00865. The fourth-order valence-corrected chi connectivity index (χ4v) is 3.70. The van der Waals surface area contributed by atoms with Crippen LogP contribution in [0.3, 0.4) is 0 Å². The van der Waals surface area contributed by atoms with E-state index in [0.717, 1.165) is 0 Å². The fourth-order valence-electron chi connectivity index (χ4n) is 2.40. The van der Waals surface area contributed by atoms with E-state index >= 15 is 0 Å². The van der Waals surface area contributed by atoms with Crippen LogP contribution >= 0.6 is 11.6 Å². The zero-order valence-electron chi connectivity index (χ0n) is 13.8. The van der Waals surface area contributed by atoms with Gasteiger partial charge in [-0.15, -0.1) is 0 Å². The first-order valence-corrected chi connectivity index (χ1v) is 11.1. The summed E-state index contributed by atoms with van der Waals surface area (Å²) in [5, 5.41) is 3.77. The summed E-state index contributed by atoms with van der Waals surface area (Å²) in [6, 6.07) is 9.26. The van der Waals surface area contributed by atoms with E-state index in [4.69, 9.17) is 21.1 Å². The number of fused-ring (bicyclic) bond motifs is 1. The quantitative estimate of drug-likeness (QED) is 0.406. The van der Waals surface area contributed by atoms with Gasteiger partial charge < -0.3 is 0 Å². The summed E-state index contributed by atoms with van der Waals surface area (Å²) in [6.45, 7) is 0. The average Bonchev–Trinajstić information content (AvgIpc) is 2.60. The fraction of sp³-hybridized carbons (Fsp3) is 0.125. The van der Waals surface area contributed by atoms with Gasteiger partial charge in [-0.3, -0.25) is 0 Å². The summed E-state index contributed by atoms with van der Waals surface area (Å²) >= 11 is 1.09. The number of halogens is 1. The number of aromatic nitrogens is 2. The third-order valence-electron chi connectivity index (χ3n) is 3.64. The van der Waals surface area contributed by atoms with Crippen molar-refractivity contribution in [2.75, 3.05) is 19.5 Å². The Morgan fingerprint density at radius 1 is 1.04 bits per heavy atom. The number of nitrogens with one attached hydrogen (secondary N) is 1. The molecule has 0 saturated carbocycles. The van der Waals surface area contributed by atoms with Gasteiger partial charge in [0.1, 0.15) is 0 Å². The van der Waals surface area contributed by atoms with Crippen LogP contribution in [0.2, 0.25) is 5.28 Å². The Labute approximate surface area is 156 Å².